The van der Waals surface area contributed by atoms with Crippen LogP contribution in [0.15, 0.2) is 182 Å². The van der Waals surface area contributed by atoms with Crippen LogP contribution in [0.25, 0.3) is 110 Å². The van der Waals surface area contributed by atoms with Gasteiger partial charge >= 0.3 is 0 Å². The summed E-state index contributed by atoms with van der Waals surface area (Å²) < 4.78 is 3.25. The number of phenolic OH excluding ortho intramolecular Hbond substituents is 2. The molecule has 2 heterocycles. The molecule has 12 aromatic rings. The van der Waals surface area contributed by atoms with Gasteiger partial charge in [-0.1, -0.05) is 156 Å². The average molecular weight is 773 g/mol. The Morgan fingerprint density at radius 1 is 0.317 bits per heavy atom. The van der Waals surface area contributed by atoms with Gasteiger partial charge < -0.3 is 10.2 Å². The lowest BCUT2D eigenvalue weighted by Gasteiger charge is -2.18. The third-order valence-corrected chi connectivity index (χ3v) is 11.8. The molecular weight excluding hydrogens is 741 g/mol. The third-order valence-electron chi connectivity index (χ3n) is 11.8. The van der Waals surface area contributed by atoms with Crippen molar-refractivity contribution < 1.29 is 10.2 Å². The van der Waals surface area contributed by atoms with Gasteiger partial charge in [0, 0.05) is 22.3 Å². The van der Waals surface area contributed by atoms with Crippen molar-refractivity contribution in [3.8, 4) is 56.5 Å². The molecule has 10 aromatic carbocycles. The molecular formula is C52H32N6O2. The third kappa shape index (κ3) is 5.11. The summed E-state index contributed by atoms with van der Waals surface area (Å²) in [6.45, 7) is 0. The molecule has 0 saturated heterocycles. The number of nitrogens with zero attached hydrogens (tertiary/aromatic N) is 6. The van der Waals surface area contributed by atoms with Crippen molar-refractivity contribution in [3.05, 3.63) is 182 Å². The van der Waals surface area contributed by atoms with Gasteiger partial charge in [0.15, 0.2) is 0 Å². The number of benzene rings is 10. The van der Waals surface area contributed by atoms with Crippen LogP contribution >= 0.6 is 0 Å². The Kier molecular flexibility index (Phi) is 7.36. The van der Waals surface area contributed by atoms with Crippen molar-refractivity contribution in [2.75, 3.05) is 0 Å². The molecule has 0 unspecified atom stereocenters. The van der Waals surface area contributed by atoms with E-state index in [4.69, 9.17) is 10.2 Å². The van der Waals surface area contributed by atoms with Crippen molar-refractivity contribution >= 4 is 64.6 Å². The summed E-state index contributed by atoms with van der Waals surface area (Å²) in [5, 5.41) is 55.7. The highest BCUT2D eigenvalue weighted by molar-refractivity contribution is 6.14. The van der Waals surface area contributed by atoms with E-state index >= 15 is 0 Å². The Morgan fingerprint density at radius 3 is 0.900 bits per heavy atom. The highest BCUT2D eigenvalue weighted by Gasteiger charge is 2.25. The van der Waals surface area contributed by atoms with Crippen LogP contribution in [0.2, 0.25) is 0 Å². The van der Waals surface area contributed by atoms with Crippen LogP contribution in [0.1, 0.15) is 0 Å². The van der Waals surface area contributed by atoms with Gasteiger partial charge in [0.25, 0.3) is 0 Å². The summed E-state index contributed by atoms with van der Waals surface area (Å²) in [6.07, 6.45) is 3.73. The molecule has 0 aliphatic carbocycles. The number of rotatable bonds is 5. The van der Waals surface area contributed by atoms with E-state index in [9.17, 15) is 10.2 Å². The highest BCUT2D eigenvalue weighted by atomic mass is 16.3. The van der Waals surface area contributed by atoms with Crippen LogP contribution in [-0.4, -0.2) is 40.2 Å². The predicted octanol–water partition coefficient (Wildman–Crippen LogP) is 12.2. The second-order valence-corrected chi connectivity index (χ2v) is 15.2. The molecule has 12 rings (SSSR count). The fraction of sp³-hybridized carbons (Fsp3) is 0. The second kappa shape index (κ2) is 13.1. The molecule has 0 spiro atoms. The topological polar surface area (TPSA) is 102 Å². The van der Waals surface area contributed by atoms with Gasteiger partial charge in [-0.05, 0) is 88.9 Å². The molecule has 0 amide bonds. The van der Waals surface area contributed by atoms with E-state index in [2.05, 4.69) is 71.1 Å². The van der Waals surface area contributed by atoms with Gasteiger partial charge in [-0.3, -0.25) is 0 Å². The lowest BCUT2D eigenvalue weighted by molar-refractivity contribution is 0.465. The molecule has 0 saturated carbocycles. The normalized spacial score (nSPS) is 11.8. The zero-order valence-corrected chi connectivity index (χ0v) is 31.9. The summed E-state index contributed by atoms with van der Waals surface area (Å²) in [5.74, 6) is -0.0981. The van der Waals surface area contributed by atoms with E-state index in [1.165, 1.54) is 0 Å². The molecule has 282 valence electrons. The Morgan fingerprint density at radius 2 is 0.583 bits per heavy atom. The van der Waals surface area contributed by atoms with E-state index in [0.717, 1.165) is 75.8 Å². The summed E-state index contributed by atoms with van der Waals surface area (Å²) in [6, 6.07) is 57.0. The van der Waals surface area contributed by atoms with E-state index in [0.29, 0.717) is 33.9 Å². The van der Waals surface area contributed by atoms with Gasteiger partial charge in [-0.15, -0.1) is 10.2 Å². The first-order chi connectivity index (χ1) is 29.6. The maximum atomic E-state index is 12.6. The summed E-state index contributed by atoms with van der Waals surface area (Å²) in [5.41, 5.74) is 5.06. The van der Waals surface area contributed by atoms with Gasteiger partial charge in [0.1, 0.15) is 34.3 Å². The van der Waals surface area contributed by atoms with Gasteiger partial charge in [-0.2, -0.15) is 0 Å². The Bertz CT molecular complexity index is 3360. The Hall–Kier alpha value is -8.36. The molecule has 0 aliphatic heterocycles. The smallest absolute Gasteiger partial charge is 0.149 e. The minimum Gasteiger partial charge on any atom is -0.505 e. The first kappa shape index (κ1) is 33.7. The minimum atomic E-state index is -0.0490. The number of hydrogen-bond acceptors (Lipinski definition) is 6. The van der Waals surface area contributed by atoms with E-state index in [1.807, 2.05) is 122 Å². The number of phenols is 2. The Balaban J connectivity index is 1.07. The number of aromatic nitrogens is 6. The molecule has 60 heavy (non-hydrogen) atoms. The zero-order chi connectivity index (χ0) is 39.9. The van der Waals surface area contributed by atoms with Crippen LogP contribution in [0.5, 0.6) is 11.5 Å². The van der Waals surface area contributed by atoms with Crippen molar-refractivity contribution in [2.45, 2.75) is 0 Å². The lowest BCUT2D eigenvalue weighted by atomic mass is 9.91. The lowest BCUT2D eigenvalue weighted by Crippen LogP contribution is -2.00. The first-order valence-electron chi connectivity index (χ1n) is 19.8. The van der Waals surface area contributed by atoms with E-state index < -0.39 is 0 Å². The first-order valence-corrected chi connectivity index (χ1v) is 19.8. The predicted molar refractivity (Wildman–Crippen MR) is 241 cm³/mol. The minimum absolute atomic E-state index is 0.0490. The quantitative estimate of drug-likeness (QED) is 0.169. The number of aromatic hydroxyl groups is 2. The van der Waals surface area contributed by atoms with Gasteiger partial charge in [-0.25, -0.2) is 9.36 Å². The largest absolute Gasteiger partial charge is 0.505 e. The van der Waals surface area contributed by atoms with E-state index in [-0.39, 0.29) is 11.5 Å². The summed E-state index contributed by atoms with van der Waals surface area (Å²) >= 11 is 0. The fourth-order valence-corrected chi connectivity index (χ4v) is 9.07. The highest BCUT2D eigenvalue weighted by Crippen LogP contribution is 2.49. The number of hydrogen-bond donors (Lipinski definition) is 2. The van der Waals surface area contributed by atoms with Crippen molar-refractivity contribution in [3.63, 3.8) is 0 Å². The summed E-state index contributed by atoms with van der Waals surface area (Å²) in [7, 11) is 0. The number of fused-ring (bicyclic) bond motifs is 6. The molecule has 0 radical (unpaired) electrons. The molecule has 2 N–H and O–H groups in total. The average Bonchev–Trinajstić information content (AvgIpc) is 3.98. The molecule has 0 fully saturated rings. The van der Waals surface area contributed by atoms with Crippen LogP contribution < -0.4 is 0 Å². The molecule has 0 atom stereocenters. The molecule has 8 heteroatoms. The SMILES string of the molecule is Oc1c(-n2cc(-c3c4ccccc4cc4ccccc34)nn2)cc2ccccc2c1-c1c(O)c(-n2cc(-c3c4ccccc4cc4ccccc34)nn2)cc2ccccc12. The maximum Gasteiger partial charge on any atom is 0.149 e. The molecule has 0 bridgehead atoms. The van der Waals surface area contributed by atoms with Crippen LogP contribution in [0.4, 0.5) is 0 Å². The zero-order valence-electron chi connectivity index (χ0n) is 31.9. The van der Waals surface area contributed by atoms with Crippen molar-refractivity contribution in [1.29, 1.82) is 0 Å². The molecule has 2 aromatic heterocycles. The summed E-state index contributed by atoms with van der Waals surface area (Å²) in [4.78, 5) is 0. The molecule has 0 aliphatic rings. The van der Waals surface area contributed by atoms with Crippen LogP contribution in [0.3, 0.4) is 0 Å². The fourth-order valence-electron chi connectivity index (χ4n) is 9.07. The van der Waals surface area contributed by atoms with Crippen LogP contribution in [-0.2, 0) is 0 Å². The maximum absolute atomic E-state index is 12.6. The Labute approximate surface area is 342 Å². The monoisotopic (exact) mass is 772 g/mol. The second-order valence-electron chi connectivity index (χ2n) is 15.2. The van der Waals surface area contributed by atoms with Crippen molar-refractivity contribution in [1.82, 2.24) is 30.0 Å². The van der Waals surface area contributed by atoms with Gasteiger partial charge in [0.2, 0.25) is 0 Å². The standard InChI is InChI=1S/C52H32N6O2/c59-51-45(57-29-43(53-55-57)47-37-19-7-1-13-31(37)25-32-14-2-8-20-38(32)47)27-35-17-5-11-23-41(35)49(51)50-42-24-12-6-18-36(42)28-46(52(50)60)58-30-44(54-56-58)48-39-21-9-3-15-33(39)26-34-16-4-10-22-40(34)48/h1-30,59-60H. The van der Waals surface area contributed by atoms with Gasteiger partial charge in [0.05, 0.1) is 12.4 Å². The van der Waals surface area contributed by atoms with Crippen LogP contribution in [0, 0.1) is 0 Å². The molecule has 8 nitrogen and oxygen atoms in total. The van der Waals surface area contributed by atoms with E-state index in [1.54, 1.807) is 9.36 Å². The van der Waals surface area contributed by atoms with Crippen molar-refractivity contribution in [2.24, 2.45) is 0 Å².